The Morgan fingerprint density at radius 3 is 2.49 bits per heavy atom. The molecule has 0 unspecified atom stereocenters. The fourth-order valence-corrected chi connectivity index (χ4v) is 4.09. The van der Waals surface area contributed by atoms with Crippen LogP contribution in [0.5, 0.6) is 0 Å². The molecule has 9 heteroatoms. The maximum atomic E-state index is 5.49. The molecule has 5 rings (SSSR count). The Bertz CT molecular complexity index is 1350. The zero-order valence-corrected chi connectivity index (χ0v) is 20.5. The quantitative estimate of drug-likeness (QED) is 0.243. The van der Waals surface area contributed by atoms with Crippen LogP contribution in [0.15, 0.2) is 82.4 Å². The predicted molar refractivity (Wildman–Crippen MR) is 146 cm³/mol. The Hall–Kier alpha value is -3.82. The number of halogens is 1. The van der Waals surface area contributed by atoms with E-state index in [1.807, 2.05) is 60.7 Å². The van der Waals surface area contributed by atoms with Crippen molar-refractivity contribution in [2.45, 2.75) is 0 Å². The molecule has 0 radical (unpaired) electrons. The molecule has 2 heterocycles. The first kappa shape index (κ1) is 22.9. The predicted octanol–water partition coefficient (Wildman–Crippen LogP) is 5.44. The normalized spacial score (nSPS) is 14.4. The van der Waals surface area contributed by atoms with Crippen molar-refractivity contribution >= 4 is 62.5 Å². The summed E-state index contributed by atoms with van der Waals surface area (Å²) in [5.74, 6) is 1.36. The van der Waals surface area contributed by atoms with Gasteiger partial charge in [0.2, 0.25) is 17.8 Å². The molecular weight excluding hydrogens is 506 g/mol. The monoisotopic (exact) mass is 529 g/mol. The summed E-state index contributed by atoms with van der Waals surface area (Å²) in [6.45, 7) is 2.70. The van der Waals surface area contributed by atoms with Gasteiger partial charge in [-0.15, -0.1) is 0 Å². The molecule has 1 saturated heterocycles. The molecule has 0 saturated carbocycles. The number of rotatable bonds is 7. The van der Waals surface area contributed by atoms with Crippen LogP contribution >= 0.6 is 15.9 Å². The van der Waals surface area contributed by atoms with E-state index in [-0.39, 0.29) is 0 Å². The van der Waals surface area contributed by atoms with Crippen molar-refractivity contribution in [1.82, 2.24) is 15.0 Å². The highest BCUT2D eigenvalue weighted by Crippen LogP contribution is 2.26. The van der Waals surface area contributed by atoms with Crippen LogP contribution in [0, 0.1) is 0 Å². The Labute approximate surface area is 211 Å². The summed E-state index contributed by atoms with van der Waals surface area (Å²) in [5.41, 5.74) is 4.94. The molecule has 0 bridgehead atoms. The van der Waals surface area contributed by atoms with Crippen LogP contribution in [0.1, 0.15) is 5.56 Å². The number of ether oxygens (including phenoxy) is 1. The number of aromatic nitrogens is 3. The van der Waals surface area contributed by atoms with E-state index in [4.69, 9.17) is 4.74 Å². The van der Waals surface area contributed by atoms with Crippen molar-refractivity contribution in [2.75, 3.05) is 41.9 Å². The van der Waals surface area contributed by atoms with Gasteiger partial charge in [-0.2, -0.15) is 20.1 Å². The Kier molecular flexibility index (Phi) is 7.26. The van der Waals surface area contributed by atoms with Crippen LogP contribution in [0.25, 0.3) is 16.8 Å². The lowest BCUT2D eigenvalue weighted by molar-refractivity contribution is 0.122. The SMILES string of the molecule is Br/C(C=NNc1nc(Nc2cccc3ccccc23)nc(N2CCOCC2)n1)=C\c1ccccc1. The van der Waals surface area contributed by atoms with Crippen molar-refractivity contribution < 1.29 is 4.74 Å². The summed E-state index contributed by atoms with van der Waals surface area (Å²) in [6, 6.07) is 24.3. The van der Waals surface area contributed by atoms with Gasteiger partial charge in [-0.1, -0.05) is 66.7 Å². The van der Waals surface area contributed by atoms with Crippen molar-refractivity contribution in [3.05, 3.63) is 82.8 Å². The van der Waals surface area contributed by atoms with Crippen LogP contribution < -0.4 is 15.6 Å². The Morgan fingerprint density at radius 2 is 1.63 bits per heavy atom. The molecule has 1 aromatic heterocycles. The lowest BCUT2D eigenvalue weighted by Gasteiger charge is -2.27. The highest BCUT2D eigenvalue weighted by atomic mass is 79.9. The largest absolute Gasteiger partial charge is 0.378 e. The summed E-state index contributed by atoms with van der Waals surface area (Å²) >= 11 is 3.53. The van der Waals surface area contributed by atoms with Crippen LogP contribution in [-0.4, -0.2) is 47.5 Å². The van der Waals surface area contributed by atoms with E-state index < -0.39 is 0 Å². The van der Waals surface area contributed by atoms with E-state index in [0.717, 1.165) is 26.5 Å². The average molecular weight is 530 g/mol. The zero-order valence-electron chi connectivity index (χ0n) is 18.9. The molecule has 0 spiro atoms. The van der Waals surface area contributed by atoms with Crippen molar-refractivity contribution in [3.8, 4) is 0 Å². The van der Waals surface area contributed by atoms with E-state index in [0.29, 0.717) is 44.1 Å². The third-order valence-electron chi connectivity index (χ3n) is 5.41. The summed E-state index contributed by atoms with van der Waals surface area (Å²) < 4.78 is 6.30. The van der Waals surface area contributed by atoms with E-state index in [9.17, 15) is 0 Å². The molecule has 0 amide bonds. The number of benzene rings is 3. The fraction of sp³-hybridized carbons (Fsp3) is 0.154. The lowest BCUT2D eigenvalue weighted by Crippen LogP contribution is -2.37. The molecule has 35 heavy (non-hydrogen) atoms. The van der Waals surface area contributed by atoms with Gasteiger partial charge in [-0.3, -0.25) is 0 Å². The van der Waals surface area contributed by atoms with Crippen molar-refractivity contribution in [2.24, 2.45) is 5.10 Å². The number of hydrazone groups is 1. The molecule has 1 aliphatic rings. The minimum Gasteiger partial charge on any atom is -0.378 e. The Morgan fingerprint density at radius 1 is 0.886 bits per heavy atom. The number of morpholine rings is 1. The van der Waals surface area contributed by atoms with Crippen LogP contribution in [-0.2, 0) is 4.74 Å². The topological polar surface area (TPSA) is 87.6 Å². The molecule has 1 aliphatic heterocycles. The standard InChI is InChI=1S/C26H24BrN7O/c27-21(17-19-7-2-1-3-8-19)18-28-33-25-30-24(31-26(32-25)34-13-15-35-16-14-34)29-23-12-6-10-20-9-4-5-11-22(20)23/h1-12,17-18H,13-16H2,(H2,29,30,31,32,33)/b21-17-,28-18?. The van der Waals surface area contributed by atoms with Gasteiger partial charge in [-0.05, 0) is 39.0 Å². The minimum absolute atomic E-state index is 0.348. The number of nitrogens with zero attached hydrogens (tertiary/aromatic N) is 5. The van der Waals surface area contributed by atoms with Gasteiger partial charge in [0.1, 0.15) is 0 Å². The van der Waals surface area contributed by atoms with Crippen LogP contribution in [0.2, 0.25) is 0 Å². The van der Waals surface area contributed by atoms with E-state index in [1.54, 1.807) is 6.21 Å². The number of anilines is 4. The molecular formula is C26H24BrN7O. The van der Waals surface area contributed by atoms with E-state index in [1.165, 1.54) is 0 Å². The number of fused-ring (bicyclic) bond motifs is 1. The fourth-order valence-electron chi connectivity index (χ4n) is 3.73. The zero-order chi connectivity index (χ0) is 23.9. The lowest BCUT2D eigenvalue weighted by atomic mass is 10.1. The second-order valence-corrected chi connectivity index (χ2v) is 8.76. The molecule has 1 fully saturated rings. The molecule has 2 N–H and O–H groups in total. The van der Waals surface area contributed by atoms with Crippen molar-refractivity contribution in [1.29, 1.82) is 0 Å². The first-order valence-corrected chi connectivity index (χ1v) is 12.1. The number of hydrogen-bond donors (Lipinski definition) is 2. The molecule has 0 atom stereocenters. The molecule has 3 aromatic carbocycles. The van der Waals surface area contributed by atoms with Gasteiger partial charge in [0.15, 0.2) is 0 Å². The molecule has 176 valence electrons. The van der Waals surface area contributed by atoms with Crippen molar-refractivity contribution in [3.63, 3.8) is 0 Å². The second kappa shape index (κ2) is 11.1. The van der Waals surface area contributed by atoms with Gasteiger partial charge in [0.05, 0.1) is 19.4 Å². The molecule has 8 nitrogen and oxygen atoms in total. The van der Waals surface area contributed by atoms with Crippen LogP contribution in [0.3, 0.4) is 0 Å². The van der Waals surface area contributed by atoms with Crippen LogP contribution in [0.4, 0.5) is 23.5 Å². The summed E-state index contributed by atoms with van der Waals surface area (Å²) in [5, 5.41) is 9.90. The maximum absolute atomic E-state index is 5.49. The maximum Gasteiger partial charge on any atom is 0.250 e. The highest BCUT2D eigenvalue weighted by Gasteiger charge is 2.17. The molecule has 4 aromatic rings. The number of nitrogens with one attached hydrogen (secondary N) is 2. The first-order valence-electron chi connectivity index (χ1n) is 11.3. The van der Waals surface area contributed by atoms with E-state index >= 15 is 0 Å². The van der Waals surface area contributed by atoms with Gasteiger partial charge in [0.25, 0.3) is 0 Å². The summed E-state index contributed by atoms with van der Waals surface area (Å²) in [4.78, 5) is 15.9. The minimum atomic E-state index is 0.348. The smallest absolute Gasteiger partial charge is 0.250 e. The summed E-state index contributed by atoms with van der Waals surface area (Å²) in [6.07, 6.45) is 3.65. The Balaban J connectivity index is 1.40. The average Bonchev–Trinajstić information content (AvgIpc) is 2.90. The van der Waals surface area contributed by atoms with Gasteiger partial charge >= 0.3 is 0 Å². The van der Waals surface area contributed by atoms with Gasteiger partial charge in [0, 0.05) is 28.6 Å². The van der Waals surface area contributed by atoms with E-state index in [2.05, 4.69) is 69.8 Å². The third-order valence-corrected chi connectivity index (χ3v) is 5.84. The van der Waals surface area contributed by atoms with Gasteiger partial charge < -0.3 is 15.0 Å². The third kappa shape index (κ3) is 6.00. The highest BCUT2D eigenvalue weighted by molar-refractivity contribution is 9.12. The summed E-state index contributed by atoms with van der Waals surface area (Å²) in [7, 11) is 0. The number of hydrogen-bond acceptors (Lipinski definition) is 8. The first-order chi connectivity index (χ1) is 17.2. The second-order valence-electron chi connectivity index (χ2n) is 7.84. The van der Waals surface area contributed by atoms with Gasteiger partial charge in [-0.25, -0.2) is 5.43 Å². The number of allylic oxidation sites excluding steroid dienone is 1. The molecule has 0 aliphatic carbocycles.